The maximum atomic E-state index is 14.1. The molecule has 24 heavy (non-hydrogen) atoms. The summed E-state index contributed by atoms with van der Waals surface area (Å²) in [6, 6.07) is 10.8. The van der Waals surface area contributed by atoms with Crippen molar-refractivity contribution < 1.29 is 9.13 Å². The summed E-state index contributed by atoms with van der Waals surface area (Å²) in [5, 5.41) is 0. The molecule has 0 aliphatic heterocycles. The first-order chi connectivity index (χ1) is 11.6. The number of hydrogen-bond acceptors (Lipinski definition) is 4. The third-order valence-corrected chi connectivity index (χ3v) is 3.84. The smallest absolute Gasteiger partial charge is 0.127 e. The van der Waals surface area contributed by atoms with Gasteiger partial charge in [-0.3, -0.25) is 9.88 Å². The van der Waals surface area contributed by atoms with Gasteiger partial charge in [-0.05, 0) is 57.4 Å². The van der Waals surface area contributed by atoms with Crippen molar-refractivity contribution in [1.82, 2.24) is 14.8 Å². The molecule has 1 heterocycles. The average Bonchev–Trinajstić information content (AvgIpc) is 2.57. The summed E-state index contributed by atoms with van der Waals surface area (Å²) in [6.07, 6.45) is 2.81. The fraction of sp³-hybridized carbons (Fsp3) is 0.421. The van der Waals surface area contributed by atoms with Crippen LogP contribution in [-0.4, -0.2) is 49.1 Å². The summed E-state index contributed by atoms with van der Waals surface area (Å²) >= 11 is 0. The van der Waals surface area contributed by atoms with Gasteiger partial charge >= 0.3 is 0 Å². The molecular formula is C19H26FN3O. The molecule has 1 aromatic carbocycles. The quantitative estimate of drug-likeness (QED) is 0.706. The van der Waals surface area contributed by atoms with Crippen LogP contribution in [0.1, 0.15) is 17.7 Å². The number of ether oxygens (including phenoxy) is 1. The summed E-state index contributed by atoms with van der Waals surface area (Å²) in [7, 11) is 5.72. The van der Waals surface area contributed by atoms with Gasteiger partial charge in [-0.2, -0.15) is 0 Å². The van der Waals surface area contributed by atoms with E-state index in [-0.39, 0.29) is 5.82 Å². The zero-order valence-corrected chi connectivity index (χ0v) is 14.7. The maximum absolute atomic E-state index is 14.1. The van der Waals surface area contributed by atoms with Crippen molar-refractivity contribution in [3.05, 3.63) is 59.7 Å². The van der Waals surface area contributed by atoms with Crippen LogP contribution in [0.3, 0.4) is 0 Å². The topological polar surface area (TPSA) is 28.6 Å². The summed E-state index contributed by atoms with van der Waals surface area (Å²) in [4.78, 5) is 8.77. The molecule has 0 bridgehead atoms. The molecule has 0 radical (unpaired) electrons. The number of nitrogens with zero attached hydrogens (tertiary/aromatic N) is 3. The van der Waals surface area contributed by atoms with E-state index in [2.05, 4.69) is 28.9 Å². The van der Waals surface area contributed by atoms with Gasteiger partial charge in [0.15, 0.2) is 0 Å². The van der Waals surface area contributed by atoms with Crippen LogP contribution in [0.5, 0.6) is 5.75 Å². The Bertz CT molecular complexity index is 619. The zero-order chi connectivity index (χ0) is 17.4. The standard InChI is InChI=1S/C19H26FN3O/c1-22(2)11-6-12-23(15-17-7-4-5-10-21-17)14-16-13-18(24-3)8-9-19(16)20/h4-5,7-10,13H,6,11-12,14-15H2,1-3H3. The van der Waals surface area contributed by atoms with Crippen LogP contribution < -0.4 is 4.74 Å². The summed E-state index contributed by atoms with van der Waals surface area (Å²) < 4.78 is 19.4. The molecule has 0 saturated carbocycles. The van der Waals surface area contributed by atoms with Crippen molar-refractivity contribution in [1.29, 1.82) is 0 Å². The molecule has 0 unspecified atom stereocenters. The van der Waals surface area contributed by atoms with Crippen molar-refractivity contribution in [2.24, 2.45) is 0 Å². The lowest BCUT2D eigenvalue weighted by molar-refractivity contribution is 0.234. The third-order valence-electron chi connectivity index (χ3n) is 3.84. The predicted molar refractivity (Wildman–Crippen MR) is 94.5 cm³/mol. The van der Waals surface area contributed by atoms with Crippen molar-refractivity contribution in [3.63, 3.8) is 0 Å². The molecule has 130 valence electrons. The van der Waals surface area contributed by atoms with E-state index >= 15 is 0 Å². The second kappa shape index (κ2) is 9.35. The minimum Gasteiger partial charge on any atom is -0.497 e. The third kappa shape index (κ3) is 5.91. The first-order valence-corrected chi connectivity index (χ1v) is 8.18. The van der Waals surface area contributed by atoms with Crippen molar-refractivity contribution in [2.75, 3.05) is 34.3 Å². The molecule has 0 atom stereocenters. The van der Waals surface area contributed by atoms with Crippen LogP contribution in [0, 0.1) is 5.82 Å². The molecule has 2 rings (SSSR count). The normalized spacial score (nSPS) is 11.2. The van der Waals surface area contributed by atoms with E-state index in [0.29, 0.717) is 24.4 Å². The Labute approximate surface area is 143 Å². The molecule has 0 saturated heterocycles. The van der Waals surface area contributed by atoms with Crippen molar-refractivity contribution in [3.8, 4) is 5.75 Å². The Hall–Kier alpha value is -1.98. The fourth-order valence-electron chi connectivity index (χ4n) is 2.59. The number of pyridine rings is 1. The second-order valence-electron chi connectivity index (χ2n) is 6.15. The highest BCUT2D eigenvalue weighted by Gasteiger charge is 2.12. The van der Waals surface area contributed by atoms with E-state index in [1.807, 2.05) is 18.2 Å². The van der Waals surface area contributed by atoms with E-state index in [4.69, 9.17) is 4.74 Å². The lowest BCUT2D eigenvalue weighted by Gasteiger charge is -2.23. The molecule has 0 N–H and O–H groups in total. The number of benzene rings is 1. The summed E-state index contributed by atoms with van der Waals surface area (Å²) in [5.41, 5.74) is 1.64. The molecule has 0 amide bonds. The molecule has 0 spiro atoms. The van der Waals surface area contributed by atoms with Gasteiger partial charge in [0.1, 0.15) is 11.6 Å². The Balaban J connectivity index is 2.09. The van der Waals surface area contributed by atoms with Crippen LogP contribution in [-0.2, 0) is 13.1 Å². The van der Waals surface area contributed by atoms with Crippen LogP contribution in [0.25, 0.3) is 0 Å². The molecular weight excluding hydrogens is 305 g/mol. The van der Waals surface area contributed by atoms with Crippen LogP contribution in [0.15, 0.2) is 42.6 Å². The lowest BCUT2D eigenvalue weighted by atomic mass is 10.1. The van der Waals surface area contributed by atoms with E-state index in [9.17, 15) is 4.39 Å². The maximum Gasteiger partial charge on any atom is 0.127 e. The van der Waals surface area contributed by atoms with Gasteiger partial charge in [-0.1, -0.05) is 6.07 Å². The number of halogens is 1. The van der Waals surface area contributed by atoms with Gasteiger partial charge in [0.05, 0.1) is 12.8 Å². The Kier molecular flexibility index (Phi) is 7.15. The van der Waals surface area contributed by atoms with E-state index in [1.54, 1.807) is 25.4 Å². The molecule has 0 fully saturated rings. The minimum absolute atomic E-state index is 0.200. The first-order valence-electron chi connectivity index (χ1n) is 8.18. The molecule has 1 aromatic heterocycles. The zero-order valence-electron chi connectivity index (χ0n) is 14.7. The monoisotopic (exact) mass is 331 g/mol. The largest absolute Gasteiger partial charge is 0.497 e. The first kappa shape index (κ1) is 18.4. The number of hydrogen-bond donors (Lipinski definition) is 0. The highest BCUT2D eigenvalue weighted by atomic mass is 19.1. The van der Waals surface area contributed by atoms with Gasteiger partial charge in [0.25, 0.3) is 0 Å². The Morgan fingerprint density at radius 3 is 2.58 bits per heavy atom. The lowest BCUT2D eigenvalue weighted by Crippen LogP contribution is -2.27. The van der Waals surface area contributed by atoms with E-state index in [1.165, 1.54) is 6.07 Å². The molecule has 2 aromatic rings. The second-order valence-corrected chi connectivity index (χ2v) is 6.15. The molecule has 5 heteroatoms. The van der Waals surface area contributed by atoms with Crippen LogP contribution >= 0.6 is 0 Å². The van der Waals surface area contributed by atoms with Crippen LogP contribution in [0.4, 0.5) is 4.39 Å². The molecule has 0 aliphatic rings. The Morgan fingerprint density at radius 2 is 1.92 bits per heavy atom. The number of aromatic nitrogens is 1. The average molecular weight is 331 g/mol. The number of rotatable bonds is 9. The van der Waals surface area contributed by atoms with E-state index in [0.717, 1.165) is 25.2 Å². The SMILES string of the molecule is COc1ccc(F)c(CN(CCCN(C)C)Cc2ccccn2)c1. The van der Waals surface area contributed by atoms with Gasteiger partial charge in [0.2, 0.25) is 0 Å². The summed E-state index contributed by atoms with van der Waals surface area (Å²) in [5.74, 6) is 0.479. The predicted octanol–water partition coefficient (Wildman–Crippen LogP) is 3.18. The highest BCUT2D eigenvalue weighted by Crippen LogP contribution is 2.19. The highest BCUT2D eigenvalue weighted by molar-refractivity contribution is 5.29. The van der Waals surface area contributed by atoms with Crippen molar-refractivity contribution in [2.45, 2.75) is 19.5 Å². The summed E-state index contributed by atoms with van der Waals surface area (Å²) in [6.45, 7) is 3.11. The van der Waals surface area contributed by atoms with Gasteiger partial charge < -0.3 is 9.64 Å². The van der Waals surface area contributed by atoms with Crippen LogP contribution in [0.2, 0.25) is 0 Å². The number of methoxy groups -OCH3 is 1. The molecule has 4 nitrogen and oxygen atoms in total. The molecule has 0 aliphatic carbocycles. The Morgan fingerprint density at radius 1 is 1.08 bits per heavy atom. The van der Waals surface area contributed by atoms with E-state index < -0.39 is 0 Å². The van der Waals surface area contributed by atoms with Gasteiger partial charge in [0, 0.05) is 31.4 Å². The minimum atomic E-state index is -0.200. The van der Waals surface area contributed by atoms with Crippen molar-refractivity contribution >= 4 is 0 Å². The fourth-order valence-corrected chi connectivity index (χ4v) is 2.59. The van der Waals surface area contributed by atoms with Gasteiger partial charge in [-0.15, -0.1) is 0 Å². The van der Waals surface area contributed by atoms with Gasteiger partial charge in [-0.25, -0.2) is 4.39 Å².